The Bertz CT molecular complexity index is 594. The molecular weight excluding hydrogens is 326 g/mol. The van der Waals surface area contributed by atoms with Crippen LogP contribution < -0.4 is 15.4 Å². The Hall–Kier alpha value is -1.89. The average Bonchev–Trinajstić information content (AvgIpc) is 2.94. The lowest BCUT2D eigenvalue weighted by atomic mass is 10.1. The number of likely N-dealkylation sites (tertiary alicyclic amines) is 1. The van der Waals surface area contributed by atoms with Gasteiger partial charge in [-0.15, -0.1) is 0 Å². The van der Waals surface area contributed by atoms with Gasteiger partial charge in [0.1, 0.15) is 12.4 Å². The predicted octanol–water partition coefficient (Wildman–Crippen LogP) is 2.24. The van der Waals surface area contributed by atoms with Crippen molar-refractivity contribution in [3.63, 3.8) is 0 Å². The van der Waals surface area contributed by atoms with Crippen LogP contribution in [0.3, 0.4) is 0 Å². The van der Waals surface area contributed by atoms with Crippen LogP contribution in [0.5, 0.6) is 5.75 Å². The number of aliphatic imine (C=N–C) groups is 1. The van der Waals surface area contributed by atoms with Crippen LogP contribution in [0.4, 0.5) is 8.78 Å². The van der Waals surface area contributed by atoms with E-state index < -0.39 is 11.6 Å². The van der Waals surface area contributed by atoms with Gasteiger partial charge in [-0.2, -0.15) is 0 Å². The van der Waals surface area contributed by atoms with E-state index in [-0.39, 0.29) is 0 Å². The number of rotatable bonds is 6. The number of nitrogens with one attached hydrogen (secondary N) is 2. The molecule has 2 unspecified atom stereocenters. The van der Waals surface area contributed by atoms with Gasteiger partial charge in [-0.1, -0.05) is 6.92 Å². The molecule has 0 aliphatic carbocycles. The molecule has 0 bridgehead atoms. The molecule has 2 atom stereocenters. The van der Waals surface area contributed by atoms with Crippen molar-refractivity contribution in [3.05, 3.63) is 29.8 Å². The number of benzene rings is 1. The van der Waals surface area contributed by atoms with Crippen molar-refractivity contribution in [2.45, 2.75) is 32.9 Å². The summed E-state index contributed by atoms with van der Waals surface area (Å²) in [5.41, 5.74) is 0. The number of ether oxygens (including phenoxy) is 1. The summed E-state index contributed by atoms with van der Waals surface area (Å²) in [6, 6.07) is 4.39. The molecule has 2 N–H and O–H groups in total. The molecule has 25 heavy (non-hydrogen) atoms. The number of halogens is 2. The number of guanidine groups is 1. The third kappa shape index (κ3) is 5.56. The smallest absolute Gasteiger partial charge is 0.191 e. The number of hydrogen-bond donors (Lipinski definition) is 2. The van der Waals surface area contributed by atoms with Gasteiger partial charge in [0.25, 0.3) is 0 Å². The molecule has 1 aliphatic rings. The summed E-state index contributed by atoms with van der Waals surface area (Å²) in [6.45, 7) is 9.54. The fourth-order valence-electron chi connectivity index (χ4n) is 2.89. The SMILES string of the molecule is CN=C(NCCOc1ccc(F)c(F)c1)NC1CN(C(C)C)CC1C. The number of nitrogens with zero attached hydrogens (tertiary/aromatic N) is 2. The molecule has 0 saturated carbocycles. The molecule has 0 spiro atoms. The third-order valence-electron chi connectivity index (χ3n) is 4.47. The zero-order valence-corrected chi connectivity index (χ0v) is 15.4. The molecule has 5 nitrogen and oxygen atoms in total. The van der Waals surface area contributed by atoms with Crippen LogP contribution in [0, 0.1) is 17.6 Å². The van der Waals surface area contributed by atoms with E-state index in [1.165, 1.54) is 6.07 Å². The van der Waals surface area contributed by atoms with Crippen LogP contribution in [0.25, 0.3) is 0 Å². The second-order valence-corrected chi connectivity index (χ2v) is 6.70. The van der Waals surface area contributed by atoms with Gasteiger partial charge in [0.15, 0.2) is 17.6 Å². The van der Waals surface area contributed by atoms with Crippen LogP contribution in [0.15, 0.2) is 23.2 Å². The standard InChI is InChI=1S/C18H28F2N4O/c1-12(2)24-10-13(3)17(11-24)23-18(21-4)22-7-8-25-14-5-6-15(19)16(20)9-14/h5-6,9,12-13,17H,7-8,10-11H2,1-4H3,(H2,21,22,23). The van der Waals surface area contributed by atoms with E-state index in [0.717, 1.165) is 31.2 Å². The molecule has 1 aliphatic heterocycles. The van der Waals surface area contributed by atoms with Crippen LogP contribution in [-0.2, 0) is 0 Å². The summed E-state index contributed by atoms with van der Waals surface area (Å²) in [5.74, 6) is -0.222. The van der Waals surface area contributed by atoms with Gasteiger partial charge in [0, 0.05) is 38.3 Å². The predicted molar refractivity (Wildman–Crippen MR) is 96.0 cm³/mol. The first-order valence-electron chi connectivity index (χ1n) is 8.69. The largest absolute Gasteiger partial charge is 0.492 e. The Morgan fingerprint density at radius 3 is 2.68 bits per heavy atom. The van der Waals surface area contributed by atoms with Crippen LogP contribution in [-0.4, -0.2) is 56.2 Å². The van der Waals surface area contributed by atoms with E-state index in [2.05, 4.69) is 41.3 Å². The van der Waals surface area contributed by atoms with E-state index in [0.29, 0.717) is 36.9 Å². The Morgan fingerprint density at radius 2 is 2.08 bits per heavy atom. The third-order valence-corrected chi connectivity index (χ3v) is 4.47. The Morgan fingerprint density at radius 1 is 1.32 bits per heavy atom. The minimum atomic E-state index is -0.909. The van der Waals surface area contributed by atoms with Crippen LogP contribution >= 0.6 is 0 Å². The number of hydrogen-bond acceptors (Lipinski definition) is 3. The summed E-state index contributed by atoms with van der Waals surface area (Å²) < 4.78 is 31.4. The van der Waals surface area contributed by atoms with Crippen molar-refractivity contribution in [2.24, 2.45) is 10.9 Å². The summed E-state index contributed by atoms with van der Waals surface area (Å²) >= 11 is 0. The van der Waals surface area contributed by atoms with Crippen molar-refractivity contribution in [2.75, 3.05) is 33.3 Å². The lowest BCUT2D eigenvalue weighted by molar-refractivity contribution is 0.265. The van der Waals surface area contributed by atoms with Gasteiger partial charge < -0.3 is 15.4 Å². The quantitative estimate of drug-likeness (QED) is 0.467. The van der Waals surface area contributed by atoms with Crippen molar-refractivity contribution >= 4 is 5.96 Å². The molecule has 1 fully saturated rings. The summed E-state index contributed by atoms with van der Waals surface area (Å²) in [4.78, 5) is 6.68. The Labute approximate surface area is 148 Å². The fourth-order valence-corrected chi connectivity index (χ4v) is 2.89. The maximum atomic E-state index is 13.1. The molecule has 1 saturated heterocycles. The first-order chi connectivity index (χ1) is 11.9. The van der Waals surface area contributed by atoms with Crippen LogP contribution in [0.2, 0.25) is 0 Å². The molecule has 1 heterocycles. The van der Waals surface area contributed by atoms with Crippen molar-refractivity contribution < 1.29 is 13.5 Å². The highest BCUT2D eigenvalue weighted by Gasteiger charge is 2.31. The van der Waals surface area contributed by atoms with Gasteiger partial charge in [-0.3, -0.25) is 9.89 Å². The second kappa shape index (κ2) is 8.99. The lowest BCUT2D eigenvalue weighted by Crippen LogP contribution is -2.47. The van der Waals surface area contributed by atoms with Crippen molar-refractivity contribution in [1.29, 1.82) is 0 Å². The highest BCUT2D eigenvalue weighted by Crippen LogP contribution is 2.18. The minimum Gasteiger partial charge on any atom is -0.492 e. The van der Waals surface area contributed by atoms with Crippen molar-refractivity contribution in [1.82, 2.24) is 15.5 Å². The molecule has 1 aromatic carbocycles. The van der Waals surface area contributed by atoms with E-state index in [1.54, 1.807) is 7.05 Å². The highest BCUT2D eigenvalue weighted by molar-refractivity contribution is 5.80. The molecule has 0 aromatic heterocycles. The first-order valence-corrected chi connectivity index (χ1v) is 8.69. The molecule has 7 heteroatoms. The zero-order valence-electron chi connectivity index (χ0n) is 15.4. The highest BCUT2D eigenvalue weighted by atomic mass is 19.2. The van der Waals surface area contributed by atoms with Gasteiger partial charge >= 0.3 is 0 Å². The van der Waals surface area contributed by atoms with E-state index in [4.69, 9.17) is 4.74 Å². The zero-order chi connectivity index (χ0) is 18.4. The molecule has 1 aromatic rings. The topological polar surface area (TPSA) is 48.9 Å². The maximum Gasteiger partial charge on any atom is 0.191 e. The lowest BCUT2D eigenvalue weighted by Gasteiger charge is -2.22. The minimum absolute atomic E-state index is 0.306. The Kier molecular flexibility index (Phi) is 6.99. The molecule has 2 rings (SSSR count). The molecule has 0 radical (unpaired) electrons. The fraction of sp³-hybridized carbons (Fsp3) is 0.611. The van der Waals surface area contributed by atoms with E-state index >= 15 is 0 Å². The first kappa shape index (κ1) is 19.4. The van der Waals surface area contributed by atoms with Gasteiger partial charge in [-0.25, -0.2) is 8.78 Å². The average molecular weight is 354 g/mol. The van der Waals surface area contributed by atoms with Gasteiger partial charge in [0.05, 0.1) is 6.54 Å². The summed E-state index contributed by atoms with van der Waals surface area (Å²) in [7, 11) is 1.73. The van der Waals surface area contributed by atoms with E-state index in [9.17, 15) is 8.78 Å². The Balaban J connectivity index is 1.74. The molecule has 0 amide bonds. The van der Waals surface area contributed by atoms with E-state index in [1.807, 2.05) is 0 Å². The second-order valence-electron chi connectivity index (χ2n) is 6.70. The van der Waals surface area contributed by atoms with Crippen LogP contribution in [0.1, 0.15) is 20.8 Å². The summed E-state index contributed by atoms with van der Waals surface area (Å²) in [5, 5.41) is 6.63. The summed E-state index contributed by atoms with van der Waals surface area (Å²) in [6.07, 6.45) is 0. The van der Waals surface area contributed by atoms with Gasteiger partial charge in [0.2, 0.25) is 0 Å². The molecular formula is C18H28F2N4O. The van der Waals surface area contributed by atoms with Gasteiger partial charge in [-0.05, 0) is 31.9 Å². The molecule has 140 valence electrons. The normalized spacial score (nSPS) is 21.6. The maximum absolute atomic E-state index is 13.1. The van der Waals surface area contributed by atoms with Crippen molar-refractivity contribution in [3.8, 4) is 5.75 Å². The monoisotopic (exact) mass is 354 g/mol.